The van der Waals surface area contributed by atoms with Crippen molar-refractivity contribution in [1.82, 2.24) is 4.40 Å². The summed E-state index contributed by atoms with van der Waals surface area (Å²) in [5.41, 5.74) is 5.65. The third-order valence-electron chi connectivity index (χ3n) is 5.73. The van der Waals surface area contributed by atoms with E-state index in [1.54, 1.807) is 0 Å². The standard InChI is InChI=1S/C24H13NO/c1-2-7-15-14(6-1)16-9-5-10-18-23(16)25-19(15)12-13-20(25)22-17-8-3-4-11-21(17)26-24(18)22/h1-13H. The number of hydrogen-bond acceptors (Lipinski definition) is 1. The van der Waals surface area contributed by atoms with E-state index in [9.17, 15) is 0 Å². The lowest BCUT2D eigenvalue weighted by molar-refractivity contribution is 0.672. The Hall–Kier alpha value is -3.52. The zero-order valence-electron chi connectivity index (χ0n) is 13.9. The molecule has 0 aliphatic heterocycles. The van der Waals surface area contributed by atoms with Crippen molar-refractivity contribution >= 4 is 60.0 Å². The highest BCUT2D eigenvalue weighted by Crippen LogP contribution is 2.42. The molecule has 0 unspecified atom stereocenters. The molecule has 2 heteroatoms. The molecule has 4 heterocycles. The van der Waals surface area contributed by atoms with Gasteiger partial charge in [0, 0.05) is 21.5 Å². The summed E-state index contributed by atoms with van der Waals surface area (Å²) in [7, 11) is 0. The molecule has 0 amide bonds. The first-order chi connectivity index (χ1) is 12.9. The molecule has 7 aromatic rings. The van der Waals surface area contributed by atoms with Crippen LogP contribution in [0.3, 0.4) is 0 Å². The van der Waals surface area contributed by atoms with Crippen LogP contribution >= 0.6 is 0 Å². The molecule has 0 N–H and O–H groups in total. The van der Waals surface area contributed by atoms with Gasteiger partial charge in [-0.3, -0.25) is 0 Å². The maximum absolute atomic E-state index is 6.34. The lowest BCUT2D eigenvalue weighted by Crippen LogP contribution is -1.94. The highest BCUT2D eigenvalue weighted by molar-refractivity contribution is 6.28. The van der Waals surface area contributed by atoms with Crippen molar-refractivity contribution in [2.45, 2.75) is 0 Å². The third-order valence-corrected chi connectivity index (χ3v) is 5.73. The molecular weight excluding hydrogens is 318 g/mol. The number of hydrogen-bond donors (Lipinski definition) is 0. The van der Waals surface area contributed by atoms with E-state index in [4.69, 9.17) is 4.42 Å². The molecule has 0 radical (unpaired) electrons. The molecule has 2 nitrogen and oxygen atoms in total. The maximum atomic E-state index is 6.34. The molecule has 0 aliphatic carbocycles. The van der Waals surface area contributed by atoms with Crippen LogP contribution in [-0.4, -0.2) is 4.40 Å². The summed E-state index contributed by atoms with van der Waals surface area (Å²) in [4.78, 5) is 0. The first kappa shape index (κ1) is 12.8. The van der Waals surface area contributed by atoms with Crippen LogP contribution in [0.2, 0.25) is 0 Å². The van der Waals surface area contributed by atoms with Crippen LogP contribution in [0.4, 0.5) is 0 Å². The second-order valence-corrected chi connectivity index (χ2v) is 6.99. The molecular formula is C24H13NO. The average molecular weight is 331 g/mol. The predicted octanol–water partition coefficient (Wildman–Crippen LogP) is 6.74. The predicted molar refractivity (Wildman–Crippen MR) is 108 cm³/mol. The van der Waals surface area contributed by atoms with E-state index in [0.717, 1.165) is 11.2 Å². The van der Waals surface area contributed by atoms with Gasteiger partial charge in [0.25, 0.3) is 0 Å². The van der Waals surface area contributed by atoms with Crippen molar-refractivity contribution in [3.63, 3.8) is 0 Å². The van der Waals surface area contributed by atoms with Gasteiger partial charge in [-0.15, -0.1) is 0 Å². The molecule has 26 heavy (non-hydrogen) atoms. The van der Waals surface area contributed by atoms with Crippen molar-refractivity contribution in [2.75, 3.05) is 0 Å². The van der Waals surface area contributed by atoms with Crippen LogP contribution in [0.15, 0.2) is 83.3 Å². The van der Waals surface area contributed by atoms with E-state index >= 15 is 0 Å². The topological polar surface area (TPSA) is 17.6 Å². The Bertz CT molecular complexity index is 1630. The Morgan fingerprint density at radius 3 is 2.15 bits per heavy atom. The number of aromatic nitrogens is 1. The highest BCUT2D eigenvalue weighted by atomic mass is 16.3. The molecule has 3 aromatic carbocycles. The first-order valence-corrected chi connectivity index (χ1v) is 8.89. The number of pyridine rings is 2. The van der Waals surface area contributed by atoms with Crippen LogP contribution in [-0.2, 0) is 0 Å². The molecule has 120 valence electrons. The third kappa shape index (κ3) is 1.29. The van der Waals surface area contributed by atoms with Crippen molar-refractivity contribution < 1.29 is 4.42 Å². The molecule has 0 saturated carbocycles. The molecule has 0 saturated heterocycles. The van der Waals surface area contributed by atoms with Crippen LogP contribution in [0.25, 0.3) is 60.0 Å². The van der Waals surface area contributed by atoms with Gasteiger partial charge in [0.15, 0.2) is 0 Å². The summed E-state index contributed by atoms with van der Waals surface area (Å²) in [5, 5.41) is 7.41. The fourth-order valence-corrected chi connectivity index (χ4v) is 4.70. The van der Waals surface area contributed by atoms with Crippen molar-refractivity contribution in [3.05, 3.63) is 78.9 Å². The minimum atomic E-state index is 0.946. The second-order valence-electron chi connectivity index (χ2n) is 6.99. The number of para-hydroxylation sites is 2. The highest BCUT2D eigenvalue weighted by Gasteiger charge is 2.20. The number of nitrogens with zero attached hydrogens (tertiary/aromatic N) is 1. The molecule has 0 bridgehead atoms. The second kappa shape index (κ2) is 4.17. The Morgan fingerprint density at radius 1 is 0.538 bits per heavy atom. The van der Waals surface area contributed by atoms with E-state index in [0.29, 0.717) is 0 Å². The zero-order chi connectivity index (χ0) is 16.8. The molecule has 0 fully saturated rings. The Labute approximate surface area is 148 Å². The van der Waals surface area contributed by atoms with Gasteiger partial charge < -0.3 is 8.82 Å². The fraction of sp³-hybridized carbons (Fsp3) is 0. The molecule has 4 aromatic heterocycles. The number of rotatable bonds is 0. The maximum Gasteiger partial charge on any atom is 0.146 e. The number of furan rings is 1. The van der Waals surface area contributed by atoms with Crippen LogP contribution in [0, 0.1) is 0 Å². The smallest absolute Gasteiger partial charge is 0.146 e. The molecule has 0 spiro atoms. The molecule has 0 aliphatic rings. The van der Waals surface area contributed by atoms with Crippen LogP contribution < -0.4 is 0 Å². The lowest BCUT2D eigenvalue weighted by atomic mass is 10.0. The lowest BCUT2D eigenvalue weighted by Gasteiger charge is -2.13. The minimum Gasteiger partial charge on any atom is -0.455 e. The zero-order valence-corrected chi connectivity index (χ0v) is 13.9. The first-order valence-electron chi connectivity index (χ1n) is 8.89. The summed E-state index contributed by atoms with van der Waals surface area (Å²) in [6.07, 6.45) is 0. The van der Waals surface area contributed by atoms with Crippen molar-refractivity contribution in [2.24, 2.45) is 0 Å². The Morgan fingerprint density at radius 2 is 1.23 bits per heavy atom. The fourth-order valence-electron chi connectivity index (χ4n) is 4.70. The van der Waals surface area contributed by atoms with Gasteiger partial charge in [-0.2, -0.15) is 0 Å². The minimum absolute atomic E-state index is 0.946. The Kier molecular flexibility index (Phi) is 2.05. The molecule has 7 rings (SSSR count). The van der Waals surface area contributed by atoms with Gasteiger partial charge in [0.05, 0.1) is 21.9 Å². The Balaban J connectivity index is 1.97. The van der Waals surface area contributed by atoms with Gasteiger partial charge in [-0.1, -0.05) is 54.6 Å². The summed E-state index contributed by atoms with van der Waals surface area (Å²) < 4.78 is 8.75. The number of benzene rings is 3. The molecule has 0 atom stereocenters. The normalized spacial score (nSPS) is 12.6. The quantitative estimate of drug-likeness (QED) is 0.222. The number of fused-ring (bicyclic) bond motifs is 8. The van der Waals surface area contributed by atoms with Gasteiger partial charge in [-0.05, 0) is 29.7 Å². The average Bonchev–Trinajstić information content (AvgIpc) is 3.30. The van der Waals surface area contributed by atoms with E-state index in [1.165, 1.54) is 48.9 Å². The summed E-state index contributed by atoms with van der Waals surface area (Å²) in [6, 6.07) is 28.0. The van der Waals surface area contributed by atoms with E-state index in [1.807, 2.05) is 6.07 Å². The van der Waals surface area contributed by atoms with Crippen LogP contribution in [0.1, 0.15) is 0 Å². The summed E-state index contributed by atoms with van der Waals surface area (Å²) >= 11 is 0. The van der Waals surface area contributed by atoms with Crippen molar-refractivity contribution in [3.8, 4) is 0 Å². The SMILES string of the molecule is c1ccc2c(c1)oc1c3cccc4c5ccccc5c5ccc(c21)n5c43. The van der Waals surface area contributed by atoms with Crippen molar-refractivity contribution in [1.29, 1.82) is 0 Å². The van der Waals surface area contributed by atoms with Crippen LogP contribution in [0.5, 0.6) is 0 Å². The summed E-state index contributed by atoms with van der Waals surface area (Å²) in [6.45, 7) is 0. The van der Waals surface area contributed by atoms with E-state index in [2.05, 4.69) is 77.2 Å². The van der Waals surface area contributed by atoms with Gasteiger partial charge >= 0.3 is 0 Å². The van der Waals surface area contributed by atoms with Gasteiger partial charge in [0.2, 0.25) is 0 Å². The monoisotopic (exact) mass is 331 g/mol. The van der Waals surface area contributed by atoms with Gasteiger partial charge in [-0.25, -0.2) is 0 Å². The van der Waals surface area contributed by atoms with Gasteiger partial charge in [0.1, 0.15) is 11.2 Å². The summed E-state index contributed by atoms with van der Waals surface area (Å²) in [5.74, 6) is 0. The largest absolute Gasteiger partial charge is 0.455 e. The van der Waals surface area contributed by atoms with E-state index in [-0.39, 0.29) is 0 Å². The van der Waals surface area contributed by atoms with E-state index < -0.39 is 0 Å².